The quantitative estimate of drug-likeness (QED) is 0.707. The molecular formula is C8H14N2O. The van der Waals surface area contributed by atoms with E-state index in [1.54, 1.807) is 6.20 Å². The summed E-state index contributed by atoms with van der Waals surface area (Å²) in [5.74, 6) is 0.998. The molecule has 1 rings (SSSR count). The van der Waals surface area contributed by atoms with Gasteiger partial charge in [0.05, 0.1) is 6.20 Å². The van der Waals surface area contributed by atoms with Crippen molar-refractivity contribution >= 4 is 0 Å². The SMILES string of the molecule is CCc1cnoc1CCCN. The fourth-order valence-corrected chi connectivity index (χ4v) is 1.04. The Kier molecular flexibility index (Phi) is 3.11. The molecule has 0 radical (unpaired) electrons. The van der Waals surface area contributed by atoms with E-state index in [0.29, 0.717) is 6.54 Å². The Morgan fingerprint density at radius 3 is 3.09 bits per heavy atom. The summed E-state index contributed by atoms with van der Waals surface area (Å²) in [4.78, 5) is 0. The first-order valence-corrected chi connectivity index (χ1v) is 4.01. The number of aromatic nitrogens is 1. The van der Waals surface area contributed by atoms with Crippen molar-refractivity contribution in [1.82, 2.24) is 5.16 Å². The monoisotopic (exact) mass is 154 g/mol. The molecule has 3 nitrogen and oxygen atoms in total. The van der Waals surface area contributed by atoms with Gasteiger partial charge in [0, 0.05) is 12.0 Å². The van der Waals surface area contributed by atoms with Crippen molar-refractivity contribution < 1.29 is 4.52 Å². The number of nitrogens with zero attached hydrogens (tertiary/aromatic N) is 1. The number of aryl methyl sites for hydroxylation is 2. The summed E-state index contributed by atoms with van der Waals surface area (Å²) in [6, 6.07) is 0. The molecule has 1 aromatic rings. The maximum atomic E-state index is 5.37. The van der Waals surface area contributed by atoms with Crippen LogP contribution in [0.2, 0.25) is 0 Å². The third kappa shape index (κ3) is 2.05. The second-order valence-corrected chi connectivity index (χ2v) is 2.52. The lowest BCUT2D eigenvalue weighted by Crippen LogP contribution is -2.00. The van der Waals surface area contributed by atoms with Gasteiger partial charge in [-0.05, 0) is 19.4 Å². The Bertz CT molecular complexity index is 208. The van der Waals surface area contributed by atoms with Crippen molar-refractivity contribution in [2.45, 2.75) is 26.2 Å². The number of hydrogen-bond donors (Lipinski definition) is 1. The smallest absolute Gasteiger partial charge is 0.139 e. The third-order valence-corrected chi connectivity index (χ3v) is 1.72. The summed E-state index contributed by atoms with van der Waals surface area (Å²) >= 11 is 0. The molecule has 0 aliphatic rings. The van der Waals surface area contributed by atoms with E-state index in [4.69, 9.17) is 10.3 Å². The molecule has 0 amide bonds. The summed E-state index contributed by atoms with van der Waals surface area (Å²) in [6.07, 6.45) is 4.66. The highest BCUT2D eigenvalue weighted by molar-refractivity contribution is 5.12. The predicted molar refractivity (Wildman–Crippen MR) is 43.3 cm³/mol. The lowest BCUT2D eigenvalue weighted by atomic mass is 10.1. The second kappa shape index (κ2) is 4.13. The standard InChI is InChI=1S/C8H14N2O/c1-2-7-6-10-11-8(7)4-3-5-9/h6H,2-5,9H2,1H3. The van der Waals surface area contributed by atoms with Gasteiger partial charge in [-0.25, -0.2) is 0 Å². The Morgan fingerprint density at radius 1 is 1.64 bits per heavy atom. The van der Waals surface area contributed by atoms with Gasteiger partial charge in [-0.1, -0.05) is 12.1 Å². The fourth-order valence-electron chi connectivity index (χ4n) is 1.04. The molecule has 2 N–H and O–H groups in total. The van der Waals surface area contributed by atoms with Crippen LogP contribution >= 0.6 is 0 Å². The zero-order chi connectivity index (χ0) is 8.10. The molecule has 0 saturated carbocycles. The molecule has 0 unspecified atom stereocenters. The molecule has 0 aliphatic heterocycles. The van der Waals surface area contributed by atoms with Gasteiger partial charge in [-0.15, -0.1) is 0 Å². The molecule has 0 saturated heterocycles. The Hall–Kier alpha value is -0.830. The lowest BCUT2D eigenvalue weighted by molar-refractivity contribution is 0.379. The zero-order valence-corrected chi connectivity index (χ0v) is 6.84. The van der Waals surface area contributed by atoms with Crippen LogP contribution < -0.4 is 5.73 Å². The highest BCUT2D eigenvalue weighted by Gasteiger charge is 2.04. The van der Waals surface area contributed by atoms with Crippen molar-refractivity contribution in [2.75, 3.05) is 6.54 Å². The number of nitrogens with two attached hydrogens (primary N) is 1. The van der Waals surface area contributed by atoms with Crippen molar-refractivity contribution in [3.63, 3.8) is 0 Å². The van der Waals surface area contributed by atoms with Gasteiger partial charge < -0.3 is 10.3 Å². The molecule has 0 aromatic carbocycles. The molecule has 62 valence electrons. The average molecular weight is 154 g/mol. The molecule has 0 fully saturated rings. The van der Waals surface area contributed by atoms with Crippen LogP contribution in [0.15, 0.2) is 10.7 Å². The minimum absolute atomic E-state index is 0.712. The topological polar surface area (TPSA) is 52.0 Å². The van der Waals surface area contributed by atoms with Crippen LogP contribution in [0.3, 0.4) is 0 Å². The van der Waals surface area contributed by atoms with Crippen LogP contribution in [0.1, 0.15) is 24.7 Å². The van der Waals surface area contributed by atoms with E-state index >= 15 is 0 Å². The zero-order valence-electron chi connectivity index (χ0n) is 6.84. The molecule has 3 heteroatoms. The largest absolute Gasteiger partial charge is 0.361 e. The highest BCUT2D eigenvalue weighted by atomic mass is 16.5. The summed E-state index contributed by atoms with van der Waals surface area (Å²) in [5.41, 5.74) is 6.58. The van der Waals surface area contributed by atoms with Crippen LogP contribution in [-0.2, 0) is 12.8 Å². The first-order valence-electron chi connectivity index (χ1n) is 4.01. The lowest BCUT2D eigenvalue weighted by Gasteiger charge is -1.95. The van der Waals surface area contributed by atoms with Gasteiger partial charge in [0.25, 0.3) is 0 Å². The molecule has 0 spiro atoms. The van der Waals surface area contributed by atoms with Crippen molar-refractivity contribution in [1.29, 1.82) is 0 Å². The molecule has 1 aromatic heterocycles. The first-order chi connectivity index (χ1) is 5.38. The molecule has 0 bridgehead atoms. The maximum absolute atomic E-state index is 5.37. The number of rotatable bonds is 4. The number of hydrogen-bond acceptors (Lipinski definition) is 3. The Balaban J connectivity index is 2.54. The minimum Gasteiger partial charge on any atom is -0.361 e. The predicted octanol–water partition coefficient (Wildman–Crippen LogP) is 1.13. The normalized spacial score (nSPS) is 10.4. The fraction of sp³-hybridized carbons (Fsp3) is 0.625. The van der Waals surface area contributed by atoms with E-state index < -0.39 is 0 Å². The first kappa shape index (κ1) is 8.27. The van der Waals surface area contributed by atoms with Crippen LogP contribution in [0, 0.1) is 0 Å². The Labute approximate surface area is 66.6 Å². The van der Waals surface area contributed by atoms with Crippen LogP contribution in [-0.4, -0.2) is 11.7 Å². The van der Waals surface area contributed by atoms with Gasteiger partial charge in [0.2, 0.25) is 0 Å². The summed E-state index contributed by atoms with van der Waals surface area (Å²) in [6.45, 7) is 2.81. The van der Waals surface area contributed by atoms with Gasteiger partial charge in [-0.3, -0.25) is 0 Å². The minimum atomic E-state index is 0.712. The summed E-state index contributed by atoms with van der Waals surface area (Å²) in [5, 5.41) is 3.73. The van der Waals surface area contributed by atoms with Crippen molar-refractivity contribution in [3.8, 4) is 0 Å². The van der Waals surface area contributed by atoms with E-state index in [1.807, 2.05) is 0 Å². The molecule has 11 heavy (non-hydrogen) atoms. The highest BCUT2D eigenvalue weighted by Crippen LogP contribution is 2.10. The Morgan fingerprint density at radius 2 is 2.45 bits per heavy atom. The van der Waals surface area contributed by atoms with Gasteiger partial charge >= 0.3 is 0 Å². The van der Waals surface area contributed by atoms with Gasteiger partial charge in [-0.2, -0.15) is 0 Å². The van der Waals surface area contributed by atoms with E-state index in [-0.39, 0.29) is 0 Å². The van der Waals surface area contributed by atoms with E-state index in [0.717, 1.165) is 25.0 Å². The van der Waals surface area contributed by atoms with Crippen LogP contribution in [0.4, 0.5) is 0 Å². The van der Waals surface area contributed by atoms with Gasteiger partial charge in [0.1, 0.15) is 5.76 Å². The van der Waals surface area contributed by atoms with Gasteiger partial charge in [0.15, 0.2) is 0 Å². The van der Waals surface area contributed by atoms with E-state index in [1.165, 1.54) is 5.56 Å². The van der Waals surface area contributed by atoms with E-state index in [2.05, 4.69) is 12.1 Å². The maximum Gasteiger partial charge on any atom is 0.139 e. The second-order valence-electron chi connectivity index (χ2n) is 2.52. The molecular weight excluding hydrogens is 140 g/mol. The molecule has 0 atom stereocenters. The summed E-state index contributed by atoms with van der Waals surface area (Å²) < 4.78 is 5.05. The molecule has 1 heterocycles. The van der Waals surface area contributed by atoms with E-state index in [9.17, 15) is 0 Å². The van der Waals surface area contributed by atoms with Crippen LogP contribution in [0.25, 0.3) is 0 Å². The molecule has 0 aliphatic carbocycles. The third-order valence-electron chi connectivity index (χ3n) is 1.72. The average Bonchev–Trinajstić information content (AvgIpc) is 2.47. The van der Waals surface area contributed by atoms with Crippen molar-refractivity contribution in [3.05, 3.63) is 17.5 Å². The van der Waals surface area contributed by atoms with Crippen molar-refractivity contribution in [2.24, 2.45) is 5.73 Å². The summed E-state index contributed by atoms with van der Waals surface area (Å²) in [7, 11) is 0. The van der Waals surface area contributed by atoms with Crippen LogP contribution in [0.5, 0.6) is 0 Å².